The van der Waals surface area contributed by atoms with Gasteiger partial charge in [0.1, 0.15) is 5.69 Å². The number of nitrogens with one attached hydrogen (secondary N) is 1. The molecular formula is C14H10N4O4S2. The van der Waals surface area contributed by atoms with Gasteiger partial charge in [-0.25, -0.2) is 8.42 Å². The molecule has 0 saturated heterocycles. The monoisotopic (exact) mass is 362 g/mol. The molecule has 0 amide bonds. The lowest BCUT2D eigenvalue weighted by atomic mass is 10.2. The summed E-state index contributed by atoms with van der Waals surface area (Å²) in [7, 11) is -4.07. The maximum atomic E-state index is 12.4. The van der Waals surface area contributed by atoms with Gasteiger partial charge in [0.15, 0.2) is 4.90 Å². The van der Waals surface area contributed by atoms with Crippen LogP contribution in [0.3, 0.4) is 0 Å². The van der Waals surface area contributed by atoms with Crippen molar-refractivity contribution in [2.75, 3.05) is 4.72 Å². The van der Waals surface area contributed by atoms with Gasteiger partial charge in [0, 0.05) is 22.7 Å². The van der Waals surface area contributed by atoms with Crippen LogP contribution in [-0.2, 0) is 10.0 Å². The SMILES string of the molecule is O=[N+]([O-])c1ccccc1S(=O)(=O)Nc1ccc(-c2csnn2)cc1. The molecule has 3 aromatic rings. The Labute approximate surface area is 141 Å². The van der Waals surface area contributed by atoms with E-state index in [1.807, 2.05) is 0 Å². The number of nitrogens with zero attached hydrogens (tertiary/aromatic N) is 3. The smallest absolute Gasteiger partial charge is 0.279 e. The number of para-hydroxylation sites is 1. The number of hydrogen-bond acceptors (Lipinski definition) is 7. The number of anilines is 1. The van der Waals surface area contributed by atoms with Gasteiger partial charge in [-0.15, -0.1) is 5.10 Å². The molecule has 24 heavy (non-hydrogen) atoms. The van der Waals surface area contributed by atoms with Crippen LogP contribution < -0.4 is 4.72 Å². The molecular weight excluding hydrogens is 352 g/mol. The third-order valence-electron chi connectivity index (χ3n) is 3.14. The summed E-state index contributed by atoms with van der Waals surface area (Å²) in [6.45, 7) is 0. The van der Waals surface area contributed by atoms with Crippen LogP contribution in [-0.4, -0.2) is 22.9 Å². The zero-order valence-corrected chi connectivity index (χ0v) is 13.6. The zero-order chi connectivity index (χ0) is 17.2. The van der Waals surface area contributed by atoms with Crippen LogP contribution in [0.2, 0.25) is 0 Å². The Morgan fingerprint density at radius 1 is 1.08 bits per heavy atom. The van der Waals surface area contributed by atoms with Crippen LogP contribution >= 0.6 is 11.5 Å². The Kier molecular flexibility index (Phi) is 4.23. The zero-order valence-electron chi connectivity index (χ0n) is 12.0. The average Bonchev–Trinajstić information content (AvgIpc) is 3.10. The van der Waals surface area contributed by atoms with Gasteiger partial charge in [-0.2, -0.15) is 0 Å². The lowest BCUT2D eigenvalue weighted by Gasteiger charge is -2.08. The van der Waals surface area contributed by atoms with Crippen molar-refractivity contribution in [2.24, 2.45) is 0 Å². The van der Waals surface area contributed by atoms with E-state index in [-0.39, 0.29) is 4.90 Å². The highest BCUT2D eigenvalue weighted by Crippen LogP contribution is 2.26. The summed E-state index contributed by atoms with van der Waals surface area (Å²) in [5.41, 5.74) is 1.29. The lowest BCUT2D eigenvalue weighted by Crippen LogP contribution is -2.14. The Balaban J connectivity index is 1.89. The summed E-state index contributed by atoms with van der Waals surface area (Å²) >= 11 is 1.21. The summed E-state index contributed by atoms with van der Waals surface area (Å²) in [4.78, 5) is 9.88. The molecule has 0 aliphatic rings. The molecule has 0 bridgehead atoms. The molecule has 0 aliphatic heterocycles. The van der Waals surface area contributed by atoms with Gasteiger partial charge in [0.05, 0.1) is 4.92 Å². The highest BCUT2D eigenvalue weighted by molar-refractivity contribution is 7.92. The lowest BCUT2D eigenvalue weighted by molar-refractivity contribution is -0.387. The van der Waals surface area contributed by atoms with Crippen LogP contribution in [0.5, 0.6) is 0 Å². The topological polar surface area (TPSA) is 115 Å². The number of aromatic nitrogens is 2. The molecule has 0 fully saturated rings. The first-order valence-corrected chi connectivity index (χ1v) is 8.93. The highest BCUT2D eigenvalue weighted by atomic mass is 32.2. The Morgan fingerprint density at radius 2 is 1.79 bits per heavy atom. The van der Waals surface area contributed by atoms with Gasteiger partial charge < -0.3 is 0 Å². The number of benzene rings is 2. The number of nitro benzene ring substituents is 1. The molecule has 0 radical (unpaired) electrons. The molecule has 0 atom stereocenters. The summed E-state index contributed by atoms with van der Waals surface area (Å²) in [5.74, 6) is 0. The molecule has 0 saturated carbocycles. The molecule has 1 heterocycles. The van der Waals surface area contributed by atoms with Crippen molar-refractivity contribution >= 4 is 32.9 Å². The van der Waals surface area contributed by atoms with E-state index in [4.69, 9.17) is 0 Å². The summed E-state index contributed by atoms with van der Waals surface area (Å²) in [6, 6.07) is 11.7. The average molecular weight is 362 g/mol. The number of rotatable bonds is 5. The quantitative estimate of drug-likeness (QED) is 0.551. The molecule has 122 valence electrons. The summed E-state index contributed by atoms with van der Waals surface area (Å²) in [5, 5.41) is 16.7. The number of hydrogen-bond donors (Lipinski definition) is 1. The minimum absolute atomic E-state index is 0.292. The third-order valence-corrected chi connectivity index (χ3v) is 5.08. The molecule has 0 unspecified atom stereocenters. The predicted octanol–water partition coefficient (Wildman–Crippen LogP) is 2.91. The summed E-state index contributed by atoms with van der Waals surface area (Å²) in [6.07, 6.45) is 0. The fourth-order valence-electron chi connectivity index (χ4n) is 2.04. The van der Waals surface area contributed by atoms with Crippen LogP contribution in [0.4, 0.5) is 11.4 Å². The number of nitro groups is 1. The Bertz CT molecular complexity index is 970. The minimum atomic E-state index is -4.07. The van der Waals surface area contributed by atoms with Crippen LogP contribution in [0, 0.1) is 10.1 Å². The molecule has 0 aliphatic carbocycles. The number of sulfonamides is 1. The van der Waals surface area contributed by atoms with Gasteiger partial charge in [-0.1, -0.05) is 28.8 Å². The Hall–Kier alpha value is -2.85. The second kappa shape index (κ2) is 6.34. The van der Waals surface area contributed by atoms with Gasteiger partial charge in [-0.05, 0) is 29.7 Å². The minimum Gasteiger partial charge on any atom is -0.279 e. The first-order chi connectivity index (χ1) is 11.5. The van der Waals surface area contributed by atoms with E-state index in [2.05, 4.69) is 14.3 Å². The predicted molar refractivity (Wildman–Crippen MR) is 89.2 cm³/mol. The van der Waals surface area contributed by atoms with Crippen molar-refractivity contribution in [1.29, 1.82) is 0 Å². The van der Waals surface area contributed by atoms with E-state index in [0.717, 1.165) is 11.6 Å². The van der Waals surface area contributed by atoms with E-state index in [1.165, 1.54) is 29.7 Å². The van der Waals surface area contributed by atoms with E-state index in [1.54, 1.807) is 29.6 Å². The van der Waals surface area contributed by atoms with Crippen molar-refractivity contribution < 1.29 is 13.3 Å². The second-order valence-electron chi connectivity index (χ2n) is 4.70. The molecule has 2 aromatic carbocycles. The van der Waals surface area contributed by atoms with Gasteiger partial charge in [0.25, 0.3) is 15.7 Å². The van der Waals surface area contributed by atoms with Crippen LogP contribution in [0.25, 0.3) is 11.3 Å². The maximum absolute atomic E-state index is 12.4. The van der Waals surface area contributed by atoms with Gasteiger partial charge in [-0.3, -0.25) is 14.8 Å². The van der Waals surface area contributed by atoms with Crippen molar-refractivity contribution in [3.63, 3.8) is 0 Å². The molecule has 10 heteroatoms. The fraction of sp³-hybridized carbons (Fsp3) is 0. The molecule has 1 aromatic heterocycles. The largest absolute Gasteiger partial charge is 0.289 e. The summed E-state index contributed by atoms with van der Waals surface area (Å²) < 4.78 is 30.9. The first-order valence-electron chi connectivity index (χ1n) is 6.61. The normalized spacial score (nSPS) is 11.2. The molecule has 0 spiro atoms. The standard InChI is InChI=1S/C14H10N4O4S2/c19-18(20)13-3-1-2-4-14(13)24(21,22)16-11-7-5-10(6-8-11)12-9-23-17-15-12/h1-9,16H. The molecule has 3 rings (SSSR count). The Morgan fingerprint density at radius 3 is 2.42 bits per heavy atom. The van der Waals surface area contributed by atoms with Crippen molar-refractivity contribution in [3.8, 4) is 11.3 Å². The molecule has 8 nitrogen and oxygen atoms in total. The van der Waals surface area contributed by atoms with E-state index in [0.29, 0.717) is 11.4 Å². The third kappa shape index (κ3) is 3.24. The highest BCUT2D eigenvalue weighted by Gasteiger charge is 2.25. The van der Waals surface area contributed by atoms with Gasteiger partial charge in [0.2, 0.25) is 0 Å². The van der Waals surface area contributed by atoms with Crippen LogP contribution in [0.15, 0.2) is 58.8 Å². The van der Waals surface area contributed by atoms with Crippen molar-refractivity contribution in [1.82, 2.24) is 9.59 Å². The van der Waals surface area contributed by atoms with Crippen LogP contribution in [0.1, 0.15) is 0 Å². The van der Waals surface area contributed by atoms with E-state index >= 15 is 0 Å². The van der Waals surface area contributed by atoms with E-state index < -0.39 is 20.6 Å². The van der Waals surface area contributed by atoms with Crippen molar-refractivity contribution in [2.45, 2.75) is 4.90 Å². The first kappa shape index (κ1) is 16.0. The fourth-order valence-corrected chi connectivity index (χ4v) is 3.74. The maximum Gasteiger partial charge on any atom is 0.289 e. The van der Waals surface area contributed by atoms with Crippen molar-refractivity contribution in [3.05, 3.63) is 64.0 Å². The molecule has 1 N–H and O–H groups in total. The second-order valence-corrected chi connectivity index (χ2v) is 6.96. The van der Waals surface area contributed by atoms with Gasteiger partial charge >= 0.3 is 0 Å². The van der Waals surface area contributed by atoms with E-state index in [9.17, 15) is 18.5 Å².